The van der Waals surface area contributed by atoms with Crippen LogP contribution in [0.4, 0.5) is 5.69 Å². The van der Waals surface area contributed by atoms with Crippen molar-refractivity contribution in [1.82, 2.24) is 34.9 Å². The quantitative estimate of drug-likeness (QED) is 0.335. The first-order valence-corrected chi connectivity index (χ1v) is 14.2. The number of esters is 1. The molecule has 3 aromatic heterocycles. The molecule has 1 saturated heterocycles. The lowest BCUT2D eigenvalue weighted by molar-refractivity contribution is -0.144. The molecular weight excluding hydrogens is 520 g/mol. The van der Waals surface area contributed by atoms with Gasteiger partial charge in [-0.3, -0.25) is 4.79 Å². The normalized spacial score (nSPS) is 17.6. The zero-order chi connectivity index (χ0) is 27.4. The maximum Gasteiger partial charge on any atom is 0.321 e. The topological polar surface area (TPSA) is 121 Å². The molecule has 2 fully saturated rings. The van der Waals surface area contributed by atoms with Crippen molar-refractivity contribution in [3.05, 3.63) is 34.6 Å². The first kappa shape index (κ1) is 27.2. The smallest absolute Gasteiger partial charge is 0.321 e. The minimum absolute atomic E-state index is 0.121. The number of pyridine rings is 1. The van der Waals surface area contributed by atoms with Gasteiger partial charge < -0.3 is 14.4 Å². The number of aromatic nitrogens is 7. The van der Waals surface area contributed by atoms with Gasteiger partial charge in [0.1, 0.15) is 23.8 Å². The van der Waals surface area contributed by atoms with Gasteiger partial charge in [-0.1, -0.05) is 18.6 Å². The van der Waals surface area contributed by atoms with E-state index in [0.29, 0.717) is 30.5 Å². The van der Waals surface area contributed by atoms with Crippen LogP contribution in [0.15, 0.2) is 12.1 Å². The summed E-state index contributed by atoms with van der Waals surface area (Å²) in [4.78, 5) is 32.3. The maximum absolute atomic E-state index is 12.0. The summed E-state index contributed by atoms with van der Waals surface area (Å²) in [6.45, 7) is 6.27. The van der Waals surface area contributed by atoms with Crippen LogP contribution < -0.4 is 9.64 Å². The van der Waals surface area contributed by atoms with Crippen LogP contribution in [0.3, 0.4) is 0 Å². The van der Waals surface area contributed by atoms with Crippen molar-refractivity contribution < 1.29 is 14.3 Å². The van der Waals surface area contributed by atoms with E-state index in [0.717, 1.165) is 68.0 Å². The summed E-state index contributed by atoms with van der Waals surface area (Å²) in [7, 11) is 1.82. The van der Waals surface area contributed by atoms with E-state index in [1.54, 1.807) is 4.68 Å². The van der Waals surface area contributed by atoms with Gasteiger partial charge in [-0.05, 0) is 68.7 Å². The lowest BCUT2D eigenvalue weighted by atomic mass is 9.85. The summed E-state index contributed by atoms with van der Waals surface area (Å²) in [5, 5.41) is 8.75. The maximum atomic E-state index is 12.0. The van der Waals surface area contributed by atoms with Crippen molar-refractivity contribution in [3.8, 4) is 17.4 Å². The van der Waals surface area contributed by atoms with Crippen molar-refractivity contribution in [2.75, 3.05) is 24.6 Å². The Kier molecular flexibility index (Phi) is 8.54. The Balaban J connectivity index is 1.32. The molecule has 208 valence electrons. The number of aryl methyl sites for hydroxylation is 2. The number of halogens is 1. The summed E-state index contributed by atoms with van der Waals surface area (Å²) >= 11 is 6.15. The van der Waals surface area contributed by atoms with Crippen molar-refractivity contribution in [3.63, 3.8) is 0 Å². The molecule has 2 aliphatic rings. The highest BCUT2D eigenvalue weighted by Gasteiger charge is 2.26. The van der Waals surface area contributed by atoms with Crippen LogP contribution in [0.5, 0.6) is 6.01 Å². The molecule has 4 heterocycles. The van der Waals surface area contributed by atoms with Gasteiger partial charge in [0.2, 0.25) is 5.28 Å². The Bertz CT molecular complexity index is 1310. The second kappa shape index (κ2) is 12.2. The largest absolute Gasteiger partial charge is 0.466 e. The van der Waals surface area contributed by atoms with Crippen molar-refractivity contribution in [1.29, 1.82) is 0 Å². The minimum atomic E-state index is -0.121. The molecule has 1 saturated carbocycles. The standard InChI is InChI=1S/C27H35ClN8O3/c1-4-19-21(36-13-7-8-17(15-36)14-23(37)38-5-2)12-11-20(29-19)24-22(35(3)34-33-24)16-39-27-31-25(18-9-6-10-18)30-26(28)32-27/h11-12,17-18H,4-10,13-16H2,1-3H3. The SMILES string of the molecule is CCOC(=O)CC1CCCN(c2ccc(-c3nnn(C)c3COc3nc(Cl)nc(C4CCC4)n3)nc2CC)C1. The first-order chi connectivity index (χ1) is 18.9. The third-order valence-corrected chi connectivity index (χ3v) is 7.67. The summed E-state index contributed by atoms with van der Waals surface area (Å²) in [5.41, 5.74) is 4.21. The van der Waals surface area contributed by atoms with Crippen LogP contribution in [-0.2, 0) is 29.6 Å². The molecule has 0 amide bonds. The molecule has 3 aromatic rings. The zero-order valence-corrected chi connectivity index (χ0v) is 23.5. The number of rotatable bonds is 10. The van der Waals surface area contributed by atoms with E-state index in [2.05, 4.69) is 43.2 Å². The van der Waals surface area contributed by atoms with E-state index < -0.39 is 0 Å². The van der Waals surface area contributed by atoms with Crippen LogP contribution in [0, 0.1) is 5.92 Å². The summed E-state index contributed by atoms with van der Waals surface area (Å²) in [5.74, 6) is 1.16. The first-order valence-electron chi connectivity index (χ1n) is 13.8. The van der Waals surface area contributed by atoms with Crippen LogP contribution in [0.2, 0.25) is 5.28 Å². The molecule has 0 spiro atoms. The number of hydrogen-bond donors (Lipinski definition) is 0. The Morgan fingerprint density at radius 1 is 1.10 bits per heavy atom. The minimum Gasteiger partial charge on any atom is -0.466 e. The van der Waals surface area contributed by atoms with Gasteiger partial charge in [-0.15, -0.1) is 5.10 Å². The number of anilines is 1. The lowest BCUT2D eigenvalue weighted by Gasteiger charge is -2.35. The predicted molar refractivity (Wildman–Crippen MR) is 146 cm³/mol. The van der Waals surface area contributed by atoms with E-state index in [9.17, 15) is 4.79 Å². The van der Waals surface area contributed by atoms with E-state index in [-0.39, 0.29) is 29.8 Å². The van der Waals surface area contributed by atoms with E-state index in [1.165, 1.54) is 6.42 Å². The fourth-order valence-electron chi connectivity index (χ4n) is 5.21. The number of carbonyl (C=O) groups excluding carboxylic acids is 1. The monoisotopic (exact) mass is 554 g/mol. The zero-order valence-electron chi connectivity index (χ0n) is 22.8. The highest BCUT2D eigenvalue weighted by atomic mass is 35.5. The average Bonchev–Trinajstić information content (AvgIpc) is 3.26. The number of carbonyl (C=O) groups is 1. The highest BCUT2D eigenvalue weighted by molar-refractivity contribution is 6.28. The van der Waals surface area contributed by atoms with Gasteiger partial charge >= 0.3 is 12.0 Å². The second-order valence-corrected chi connectivity index (χ2v) is 10.5. The molecule has 1 aliphatic carbocycles. The number of nitrogens with zero attached hydrogens (tertiary/aromatic N) is 8. The molecular formula is C27H35ClN8O3. The predicted octanol–water partition coefficient (Wildman–Crippen LogP) is 4.29. The summed E-state index contributed by atoms with van der Waals surface area (Å²) in [6, 6.07) is 4.28. The number of ether oxygens (including phenoxy) is 2. The van der Waals surface area contributed by atoms with Crippen LogP contribution >= 0.6 is 11.6 Å². The van der Waals surface area contributed by atoms with Gasteiger partial charge in [0.15, 0.2) is 0 Å². The fraction of sp³-hybridized carbons (Fsp3) is 0.593. The molecule has 39 heavy (non-hydrogen) atoms. The van der Waals surface area contributed by atoms with Gasteiger partial charge in [0.25, 0.3) is 0 Å². The van der Waals surface area contributed by atoms with Gasteiger partial charge in [0, 0.05) is 26.1 Å². The van der Waals surface area contributed by atoms with E-state index >= 15 is 0 Å². The third kappa shape index (κ3) is 6.29. The van der Waals surface area contributed by atoms with Crippen LogP contribution in [-0.4, -0.2) is 60.6 Å². The molecule has 5 rings (SSSR count). The molecule has 0 bridgehead atoms. The molecule has 1 unspecified atom stereocenters. The fourth-order valence-corrected chi connectivity index (χ4v) is 5.37. The van der Waals surface area contributed by atoms with E-state index in [4.69, 9.17) is 26.1 Å². The second-order valence-electron chi connectivity index (χ2n) is 10.1. The molecule has 12 heteroatoms. The number of hydrogen-bond acceptors (Lipinski definition) is 10. The molecule has 0 N–H and O–H groups in total. The van der Waals surface area contributed by atoms with Gasteiger partial charge in [0.05, 0.1) is 30.1 Å². The van der Waals surface area contributed by atoms with Crippen molar-refractivity contribution >= 4 is 23.3 Å². The third-order valence-electron chi connectivity index (χ3n) is 7.50. The number of piperidine rings is 1. The van der Waals surface area contributed by atoms with Crippen molar-refractivity contribution in [2.45, 2.75) is 71.3 Å². The Hall–Kier alpha value is -3.34. The van der Waals surface area contributed by atoms with Gasteiger partial charge in [-0.25, -0.2) is 14.6 Å². The van der Waals surface area contributed by atoms with Crippen LogP contribution in [0.1, 0.15) is 75.5 Å². The molecule has 1 aliphatic heterocycles. The Labute approximate surface area is 233 Å². The van der Waals surface area contributed by atoms with Crippen molar-refractivity contribution in [2.24, 2.45) is 13.0 Å². The summed E-state index contributed by atoms with van der Waals surface area (Å²) in [6.07, 6.45) is 6.56. The molecule has 11 nitrogen and oxygen atoms in total. The van der Waals surface area contributed by atoms with Gasteiger partial charge in [-0.2, -0.15) is 9.97 Å². The molecule has 0 aromatic carbocycles. The summed E-state index contributed by atoms with van der Waals surface area (Å²) < 4.78 is 12.8. The molecule has 0 radical (unpaired) electrons. The van der Waals surface area contributed by atoms with E-state index in [1.807, 2.05) is 20.0 Å². The lowest BCUT2D eigenvalue weighted by Crippen LogP contribution is -2.37. The average molecular weight is 555 g/mol. The molecule has 1 atom stereocenters. The highest BCUT2D eigenvalue weighted by Crippen LogP contribution is 2.35. The Morgan fingerprint density at radius 2 is 1.95 bits per heavy atom. The van der Waals surface area contributed by atoms with Crippen LogP contribution in [0.25, 0.3) is 11.4 Å². The Morgan fingerprint density at radius 3 is 2.69 bits per heavy atom.